The average Bonchev–Trinajstić information content (AvgIpc) is 3.27. The van der Waals surface area contributed by atoms with Crippen molar-refractivity contribution in [1.82, 2.24) is 0 Å². The summed E-state index contributed by atoms with van der Waals surface area (Å²) in [6.45, 7) is 10.6. The third-order valence-corrected chi connectivity index (χ3v) is 9.40. The molecular formula is C28H40O3S2. The molecule has 0 spiro atoms. The lowest BCUT2D eigenvalue weighted by Gasteiger charge is -2.37. The van der Waals surface area contributed by atoms with Crippen molar-refractivity contribution in [3.05, 3.63) is 58.7 Å². The summed E-state index contributed by atoms with van der Waals surface area (Å²) in [7, 11) is 3.98. The molecule has 3 nitrogen and oxygen atoms in total. The second-order valence-corrected chi connectivity index (χ2v) is 12.5. The van der Waals surface area contributed by atoms with Gasteiger partial charge in [0.2, 0.25) is 0 Å². The standard InChI is InChI=1S/C28H40O3S2/c1-21(9-8-10-22(2)16-19-29)13-14-25-23(3)26(15-18-28(25,4)5)31-27(30)12-7-6-11-24-17-20-32-33-24/h8-10,13-14,16,19,24,26H,6-7,11-12,15,17-18,20H2,1-5H3. The Morgan fingerprint density at radius 3 is 2.58 bits per heavy atom. The second kappa shape index (κ2) is 14.1. The maximum atomic E-state index is 12.5. The third kappa shape index (κ3) is 9.74. The van der Waals surface area contributed by atoms with Crippen LogP contribution in [0.25, 0.3) is 0 Å². The van der Waals surface area contributed by atoms with Gasteiger partial charge in [0, 0.05) is 17.4 Å². The molecule has 2 atom stereocenters. The number of hydrogen-bond acceptors (Lipinski definition) is 5. The number of unbranched alkanes of at least 4 members (excludes halogenated alkanes) is 1. The van der Waals surface area contributed by atoms with Gasteiger partial charge in [0.15, 0.2) is 0 Å². The summed E-state index contributed by atoms with van der Waals surface area (Å²) in [6, 6.07) is 0. The van der Waals surface area contributed by atoms with Gasteiger partial charge in [0.05, 0.1) is 0 Å². The Morgan fingerprint density at radius 2 is 1.88 bits per heavy atom. The number of carbonyl (C=O) groups excluding carboxylic acids is 2. The van der Waals surface area contributed by atoms with E-state index in [9.17, 15) is 9.59 Å². The minimum Gasteiger partial charge on any atom is -0.458 e. The maximum Gasteiger partial charge on any atom is 0.306 e. The Labute approximate surface area is 208 Å². The minimum atomic E-state index is -0.118. The van der Waals surface area contributed by atoms with E-state index in [1.165, 1.54) is 29.7 Å². The number of allylic oxidation sites excluding steroid dienone is 9. The molecule has 0 N–H and O–H groups in total. The largest absolute Gasteiger partial charge is 0.458 e. The summed E-state index contributed by atoms with van der Waals surface area (Å²) in [4.78, 5) is 23.0. The molecule has 0 saturated carbocycles. The average molecular weight is 489 g/mol. The van der Waals surface area contributed by atoms with Gasteiger partial charge in [-0.2, -0.15) is 0 Å². The fourth-order valence-electron chi connectivity index (χ4n) is 4.26. The van der Waals surface area contributed by atoms with E-state index < -0.39 is 0 Å². The van der Waals surface area contributed by atoms with E-state index in [-0.39, 0.29) is 17.5 Å². The van der Waals surface area contributed by atoms with Gasteiger partial charge in [-0.15, -0.1) is 0 Å². The molecule has 0 radical (unpaired) electrons. The van der Waals surface area contributed by atoms with Crippen molar-refractivity contribution in [2.24, 2.45) is 5.41 Å². The molecule has 1 saturated heterocycles. The lowest BCUT2D eigenvalue weighted by atomic mass is 9.71. The molecule has 0 bridgehead atoms. The molecule has 1 fully saturated rings. The highest BCUT2D eigenvalue weighted by Crippen LogP contribution is 2.42. The van der Waals surface area contributed by atoms with Crippen LogP contribution in [0.5, 0.6) is 0 Å². The summed E-state index contributed by atoms with van der Waals surface area (Å²) in [5.41, 5.74) is 4.53. The van der Waals surface area contributed by atoms with Crippen molar-refractivity contribution in [2.45, 2.75) is 90.9 Å². The molecule has 2 aliphatic rings. The number of rotatable bonds is 11. The van der Waals surface area contributed by atoms with E-state index in [0.717, 1.165) is 48.4 Å². The third-order valence-electron chi connectivity index (χ3n) is 6.39. The van der Waals surface area contributed by atoms with E-state index in [4.69, 9.17) is 4.74 Å². The second-order valence-electron chi connectivity index (χ2n) is 9.72. The van der Waals surface area contributed by atoms with Gasteiger partial charge in [0.1, 0.15) is 12.4 Å². The zero-order valence-electron chi connectivity index (χ0n) is 20.9. The van der Waals surface area contributed by atoms with Crippen molar-refractivity contribution in [3.8, 4) is 0 Å². The molecule has 0 amide bonds. The fourth-order valence-corrected chi connectivity index (χ4v) is 7.29. The molecule has 182 valence electrons. The predicted octanol–water partition coefficient (Wildman–Crippen LogP) is 7.95. The predicted molar refractivity (Wildman–Crippen MR) is 144 cm³/mol. The number of carbonyl (C=O) groups is 2. The smallest absolute Gasteiger partial charge is 0.306 e. The number of aldehydes is 1. The minimum absolute atomic E-state index is 0.0554. The van der Waals surface area contributed by atoms with Gasteiger partial charge in [-0.05, 0) is 81.1 Å². The number of hydrogen-bond donors (Lipinski definition) is 0. The van der Waals surface area contributed by atoms with Crippen molar-refractivity contribution >= 4 is 33.8 Å². The van der Waals surface area contributed by atoms with Crippen molar-refractivity contribution in [2.75, 3.05) is 5.75 Å². The van der Waals surface area contributed by atoms with Crippen molar-refractivity contribution in [1.29, 1.82) is 0 Å². The van der Waals surface area contributed by atoms with Gasteiger partial charge in [-0.25, -0.2) is 0 Å². The zero-order chi connectivity index (χ0) is 24.3. The highest BCUT2D eigenvalue weighted by Gasteiger charge is 2.33. The molecule has 33 heavy (non-hydrogen) atoms. The fraction of sp³-hybridized carbons (Fsp3) is 0.571. The van der Waals surface area contributed by atoms with Crippen LogP contribution in [0.4, 0.5) is 0 Å². The Morgan fingerprint density at radius 1 is 1.12 bits per heavy atom. The van der Waals surface area contributed by atoms with E-state index in [2.05, 4.69) is 39.8 Å². The molecular weight excluding hydrogens is 448 g/mol. The van der Waals surface area contributed by atoms with E-state index in [1.54, 1.807) is 6.08 Å². The van der Waals surface area contributed by atoms with E-state index in [0.29, 0.717) is 6.42 Å². The lowest BCUT2D eigenvalue weighted by molar-refractivity contribution is -0.148. The van der Waals surface area contributed by atoms with Crippen LogP contribution in [0.2, 0.25) is 0 Å². The normalized spacial score (nSPS) is 24.2. The Kier molecular flexibility index (Phi) is 11.8. The van der Waals surface area contributed by atoms with Crippen LogP contribution in [-0.2, 0) is 14.3 Å². The van der Waals surface area contributed by atoms with Gasteiger partial charge < -0.3 is 4.74 Å². The number of esters is 1. The van der Waals surface area contributed by atoms with Crippen LogP contribution >= 0.6 is 21.6 Å². The quantitative estimate of drug-likeness (QED) is 0.0737. The topological polar surface area (TPSA) is 43.4 Å². The van der Waals surface area contributed by atoms with Crippen LogP contribution in [0, 0.1) is 5.41 Å². The molecule has 2 rings (SSSR count). The Bertz CT molecular complexity index is 824. The van der Waals surface area contributed by atoms with Crippen LogP contribution in [0.15, 0.2) is 58.7 Å². The Hall–Kier alpha value is -1.46. The highest BCUT2D eigenvalue weighted by molar-refractivity contribution is 8.77. The lowest BCUT2D eigenvalue weighted by Crippen LogP contribution is -2.30. The van der Waals surface area contributed by atoms with Crippen LogP contribution in [0.1, 0.15) is 79.6 Å². The molecule has 1 aliphatic carbocycles. The van der Waals surface area contributed by atoms with Crippen molar-refractivity contribution in [3.63, 3.8) is 0 Å². The summed E-state index contributed by atoms with van der Waals surface area (Å²) in [6.07, 6.45) is 19.4. The molecule has 1 aliphatic heterocycles. The first-order valence-corrected chi connectivity index (χ1v) is 14.5. The first-order valence-electron chi connectivity index (χ1n) is 12.1. The Balaban J connectivity index is 1.94. The molecule has 5 heteroatoms. The van der Waals surface area contributed by atoms with Gasteiger partial charge in [-0.1, -0.05) is 77.8 Å². The van der Waals surface area contributed by atoms with E-state index >= 15 is 0 Å². The van der Waals surface area contributed by atoms with Gasteiger partial charge in [0.25, 0.3) is 0 Å². The maximum absolute atomic E-state index is 12.5. The molecule has 0 aromatic carbocycles. The molecule has 0 aromatic heterocycles. The van der Waals surface area contributed by atoms with Gasteiger partial charge >= 0.3 is 5.97 Å². The monoisotopic (exact) mass is 488 g/mol. The molecule has 2 unspecified atom stereocenters. The van der Waals surface area contributed by atoms with Crippen LogP contribution in [-0.4, -0.2) is 29.4 Å². The SMILES string of the molecule is CC(C=CC=C(C)C=CC1=C(C)C(OC(=O)CCCCC2CCSS2)CCC1(C)C)=CC=O. The summed E-state index contributed by atoms with van der Waals surface area (Å²) in [5.74, 6) is 1.21. The van der Waals surface area contributed by atoms with E-state index in [1.807, 2.05) is 46.7 Å². The van der Waals surface area contributed by atoms with Crippen LogP contribution < -0.4 is 0 Å². The first kappa shape index (κ1) is 27.8. The molecule has 1 heterocycles. The number of ether oxygens (including phenoxy) is 1. The summed E-state index contributed by atoms with van der Waals surface area (Å²) in [5, 5.41) is 0.774. The van der Waals surface area contributed by atoms with Crippen molar-refractivity contribution < 1.29 is 14.3 Å². The summed E-state index contributed by atoms with van der Waals surface area (Å²) >= 11 is 0. The molecule has 0 aromatic rings. The summed E-state index contributed by atoms with van der Waals surface area (Å²) < 4.78 is 5.92. The van der Waals surface area contributed by atoms with Gasteiger partial charge in [-0.3, -0.25) is 9.59 Å². The first-order chi connectivity index (χ1) is 15.7. The highest BCUT2D eigenvalue weighted by atomic mass is 33.1. The van der Waals surface area contributed by atoms with Crippen LogP contribution in [0.3, 0.4) is 0 Å². The zero-order valence-corrected chi connectivity index (χ0v) is 22.5.